The van der Waals surface area contributed by atoms with E-state index < -0.39 is 17.3 Å². The first-order chi connectivity index (χ1) is 7.10. The van der Waals surface area contributed by atoms with Gasteiger partial charge >= 0.3 is 24.8 Å². The van der Waals surface area contributed by atoms with E-state index in [4.69, 9.17) is 22.0 Å². The number of carboxylic acids is 1. The van der Waals surface area contributed by atoms with Crippen molar-refractivity contribution in [2.45, 2.75) is 11.8 Å². The topological polar surface area (TPSA) is 91.1 Å². The third kappa shape index (κ3) is 2.65. The fourth-order valence-electron chi connectivity index (χ4n) is 1.83. The average Bonchev–Trinajstić information content (AvgIpc) is 2.93. The van der Waals surface area contributed by atoms with Crippen LogP contribution in [0.4, 0.5) is 0 Å². The molecule has 1 fully saturated rings. The Hall–Kier alpha value is -0.973. The van der Waals surface area contributed by atoms with Gasteiger partial charge in [-0.2, -0.15) is 5.26 Å². The summed E-state index contributed by atoms with van der Waals surface area (Å²) in [6, 6.07) is 8.93. The van der Waals surface area contributed by atoms with Crippen LogP contribution in [0.3, 0.4) is 0 Å². The van der Waals surface area contributed by atoms with Crippen molar-refractivity contribution < 1.29 is 34.2 Å². The second-order valence-electron chi connectivity index (χ2n) is 3.69. The predicted molar refractivity (Wildman–Crippen MR) is 56.4 cm³/mol. The van der Waals surface area contributed by atoms with E-state index in [1.807, 2.05) is 0 Å². The van der Waals surface area contributed by atoms with Crippen molar-refractivity contribution in [2.24, 2.45) is 5.92 Å². The van der Waals surface area contributed by atoms with Gasteiger partial charge in [-0.15, -0.1) is 0 Å². The van der Waals surface area contributed by atoms with Crippen molar-refractivity contribution in [1.82, 2.24) is 0 Å². The van der Waals surface area contributed by atoms with Crippen molar-refractivity contribution in [2.75, 3.05) is 0 Å². The number of carbonyl (C=O) groups is 1. The quantitative estimate of drug-likeness (QED) is 0.679. The van der Waals surface area contributed by atoms with Gasteiger partial charge in [-0.3, -0.25) is 4.79 Å². The van der Waals surface area contributed by atoms with Crippen molar-refractivity contribution in [3.63, 3.8) is 0 Å². The smallest absolute Gasteiger partial charge is 0.870 e. The normalized spacial score (nSPS) is 24.8. The van der Waals surface area contributed by atoms with Crippen LogP contribution in [0, 0.1) is 17.2 Å². The summed E-state index contributed by atoms with van der Waals surface area (Å²) in [5, 5.41) is 18.5. The van der Waals surface area contributed by atoms with Gasteiger partial charge < -0.3 is 10.6 Å². The minimum Gasteiger partial charge on any atom is -0.870 e. The van der Waals surface area contributed by atoms with E-state index in [9.17, 15) is 4.79 Å². The van der Waals surface area contributed by atoms with Gasteiger partial charge in [-0.05, 0) is 24.1 Å². The van der Waals surface area contributed by atoms with Crippen LogP contribution in [-0.4, -0.2) is 16.6 Å². The van der Waals surface area contributed by atoms with Crippen molar-refractivity contribution >= 4 is 17.6 Å². The first kappa shape index (κ1) is 16.0. The summed E-state index contributed by atoms with van der Waals surface area (Å²) < 4.78 is 0. The molecule has 6 heteroatoms. The van der Waals surface area contributed by atoms with Gasteiger partial charge in [0.05, 0.1) is 17.4 Å². The second kappa shape index (κ2) is 5.58. The molecule has 0 bridgehead atoms. The Bertz CT molecular complexity index is 474. The first-order valence-corrected chi connectivity index (χ1v) is 4.88. The Morgan fingerprint density at radius 3 is 2.65 bits per heavy atom. The summed E-state index contributed by atoms with van der Waals surface area (Å²) in [6.45, 7) is 0. The van der Waals surface area contributed by atoms with Crippen LogP contribution >= 0.6 is 11.6 Å². The fraction of sp³-hybridized carbons (Fsp3) is 0.273. The van der Waals surface area contributed by atoms with Gasteiger partial charge in [0.2, 0.25) is 0 Å². The molecule has 2 N–H and O–H groups in total. The fourth-order valence-corrected chi connectivity index (χ4v) is 2.02. The largest absolute Gasteiger partial charge is 1.00 e. The van der Waals surface area contributed by atoms with Crippen LogP contribution in [0.1, 0.15) is 12.0 Å². The van der Waals surface area contributed by atoms with E-state index in [0.29, 0.717) is 17.0 Å². The molecule has 1 aliphatic rings. The maximum atomic E-state index is 10.8. The Kier molecular flexibility index (Phi) is 5.26. The van der Waals surface area contributed by atoms with Crippen LogP contribution in [-0.2, 0) is 10.2 Å². The first-order valence-electron chi connectivity index (χ1n) is 4.50. The summed E-state index contributed by atoms with van der Waals surface area (Å²) in [5.74, 6) is -1.52. The van der Waals surface area contributed by atoms with Gasteiger partial charge in [0.1, 0.15) is 0 Å². The van der Waals surface area contributed by atoms with E-state index >= 15 is 0 Å². The molecular weight excluding hydrogens is 237 g/mol. The Morgan fingerprint density at radius 1 is 1.59 bits per heavy atom. The molecule has 2 atom stereocenters. The SMILES string of the molecule is N#CC1(c2cccc(Cl)c2)CC1C(=O)O.[Li+].[OH-]. The maximum Gasteiger partial charge on any atom is 1.00 e. The molecule has 0 saturated heterocycles. The van der Waals surface area contributed by atoms with Crippen LogP contribution in [0.15, 0.2) is 24.3 Å². The molecule has 0 aliphatic heterocycles. The van der Waals surface area contributed by atoms with E-state index in [2.05, 4.69) is 6.07 Å². The van der Waals surface area contributed by atoms with Gasteiger partial charge in [-0.1, -0.05) is 23.7 Å². The van der Waals surface area contributed by atoms with E-state index in [-0.39, 0.29) is 24.3 Å². The third-order valence-corrected chi connectivity index (χ3v) is 3.03. The number of nitrogens with zero attached hydrogens (tertiary/aromatic N) is 1. The zero-order chi connectivity index (χ0) is 11.1. The molecule has 17 heavy (non-hydrogen) atoms. The summed E-state index contributed by atoms with van der Waals surface area (Å²) in [4.78, 5) is 10.8. The summed E-state index contributed by atoms with van der Waals surface area (Å²) in [5.41, 5.74) is -0.165. The molecule has 1 aromatic carbocycles. The second-order valence-corrected chi connectivity index (χ2v) is 4.12. The number of hydrogen-bond acceptors (Lipinski definition) is 3. The van der Waals surface area contributed by atoms with Gasteiger partial charge in [0, 0.05) is 5.02 Å². The molecule has 4 nitrogen and oxygen atoms in total. The molecule has 0 radical (unpaired) electrons. The van der Waals surface area contributed by atoms with E-state index in [1.165, 1.54) is 0 Å². The molecule has 0 aromatic heterocycles. The number of nitriles is 1. The number of halogens is 1. The predicted octanol–water partition coefficient (Wildman–Crippen LogP) is -0.967. The summed E-state index contributed by atoms with van der Waals surface area (Å²) in [7, 11) is 0. The Labute approximate surface area is 116 Å². The van der Waals surface area contributed by atoms with Gasteiger partial charge in [-0.25, -0.2) is 0 Å². The van der Waals surface area contributed by atoms with Crippen molar-refractivity contribution in [3.8, 4) is 6.07 Å². The molecule has 0 heterocycles. The molecule has 2 rings (SSSR count). The van der Waals surface area contributed by atoms with Crippen LogP contribution in [0.5, 0.6) is 0 Å². The van der Waals surface area contributed by atoms with Crippen LogP contribution in [0.25, 0.3) is 0 Å². The van der Waals surface area contributed by atoms with Crippen LogP contribution in [0.2, 0.25) is 5.02 Å². The molecule has 0 spiro atoms. The monoisotopic (exact) mass is 245 g/mol. The molecule has 1 aromatic rings. The minimum absolute atomic E-state index is 0. The standard InChI is InChI=1S/C11H8ClNO2.Li.H2O/c12-8-3-1-2-7(4-8)11(6-13)5-9(11)10(14)15;;/h1-4,9H,5H2,(H,14,15);;1H2/q;+1;/p-1. The number of carboxylic acid groups (broad SMARTS) is 1. The summed E-state index contributed by atoms with van der Waals surface area (Å²) >= 11 is 5.81. The number of aliphatic carboxylic acids is 1. The van der Waals surface area contributed by atoms with Crippen molar-refractivity contribution in [3.05, 3.63) is 34.9 Å². The van der Waals surface area contributed by atoms with Crippen molar-refractivity contribution in [1.29, 1.82) is 5.26 Å². The number of rotatable bonds is 2. The molecule has 84 valence electrons. The molecule has 0 amide bonds. The van der Waals surface area contributed by atoms with E-state index in [1.54, 1.807) is 24.3 Å². The number of hydrogen-bond donors (Lipinski definition) is 1. The molecule has 1 saturated carbocycles. The van der Waals surface area contributed by atoms with Crippen LogP contribution < -0.4 is 18.9 Å². The molecular formula is C11H9ClLiNO3. The Balaban J connectivity index is 0.00000128. The third-order valence-electron chi connectivity index (χ3n) is 2.80. The van der Waals surface area contributed by atoms with E-state index in [0.717, 1.165) is 0 Å². The van der Waals surface area contributed by atoms with Gasteiger partial charge in [0.25, 0.3) is 0 Å². The average molecular weight is 246 g/mol. The zero-order valence-electron chi connectivity index (χ0n) is 9.22. The molecule has 2 unspecified atom stereocenters. The number of benzene rings is 1. The summed E-state index contributed by atoms with van der Waals surface area (Å²) in [6.07, 6.45) is 0.374. The van der Waals surface area contributed by atoms with Gasteiger partial charge in [0.15, 0.2) is 0 Å². The molecule has 1 aliphatic carbocycles. The minimum atomic E-state index is -0.920. The maximum absolute atomic E-state index is 10.8. The zero-order valence-corrected chi connectivity index (χ0v) is 9.98. The Morgan fingerprint density at radius 2 is 2.24 bits per heavy atom.